The number of hydrogen-bond donors (Lipinski definition) is 1. The number of benzene rings is 2. The van der Waals surface area contributed by atoms with Gasteiger partial charge in [-0.05, 0) is 67.5 Å². The molecule has 2 aromatic rings. The third-order valence-corrected chi connectivity index (χ3v) is 5.74. The first-order valence-corrected chi connectivity index (χ1v) is 10.3. The Morgan fingerprint density at radius 2 is 1.85 bits per heavy atom. The van der Waals surface area contributed by atoms with E-state index in [4.69, 9.17) is 11.6 Å². The van der Waals surface area contributed by atoms with Gasteiger partial charge in [-0.2, -0.15) is 5.26 Å². The van der Waals surface area contributed by atoms with E-state index in [9.17, 15) is 5.26 Å². The van der Waals surface area contributed by atoms with Gasteiger partial charge >= 0.3 is 0 Å². The summed E-state index contributed by atoms with van der Waals surface area (Å²) in [6.45, 7) is 4.87. The van der Waals surface area contributed by atoms with Crippen LogP contribution in [0.5, 0.6) is 0 Å². The monoisotopic (exact) mass is 381 g/mol. The zero-order valence-electron chi connectivity index (χ0n) is 16.0. The van der Waals surface area contributed by atoms with Gasteiger partial charge in [-0.15, -0.1) is 0 Å². The van der Waals surface area contributed by atoms with Crippen LogP contribution in [0.25, 0.3) is 0 Å². The van der Waals surface area contributed by atoms with Gasteiger partial charge in [0.2, 0.25) is 0 Å². The predicted molar refractivity (Wildman–Crippen MR) is 113 cm³/mol. The molecule has 3 rings (SSSR count). The summed E-state index contributed by atoms with van der Waals surface area (Å²) in [5, 5.41) is 13.8. The molecule has 0 bridgehead atoms. The van der Waals surface area contributed by atoms with Crippen molar-refractivity contribution >= 4 is 17.3 Å². The van der Waals surface area contributed by atoms with Crippen molar-refractivity contribution in [3.63, 3.8) is 0 Å². The third-order valence-electron chi connectivity index (χ3n) is 5.50. The van der Waals surface area contributed by atoms with Gasteiger partial charge in [-0.25, -0.2) is 0 Å². The van der Waals surface area contributed by atoms with Gasteiger partial charge in [0.05, 0.1) is 11.6 Å². The molecule has 27 heavy (non-hydrogen) atoms. The fourth-order valence-corrected chi connectivity index (χ4v) is 4.01. The SMILES string of the molecule is CC1CCC(NCCN(Cc2cc(Cl)ccc2C#N)c2ccccc2)CC1. The number of rotatable bonds is 7. The maximum atomic E-state index is 9.44. The van der Waals surface area contributed by atoms with Crippen LogP contribution >= 0.6 is 11.6 Å². The van der Waals surface area contributed by atoms with Gasteiger partial charge in [-0.3, -0.25) is 0 Å². The standard InChI is InChI=1S/C23H28ClN3/c1-18-7-11-22(12-8-18)26-13-14-27(23-5-3-2-4-6-23)17-20-15-21(24)10-9-19(20)16-25/h2-6,9-10,15,18,22,26H,7-8,11-14,17H2,1H3. The quantitative estimate of drug-likeness (QED) is 0.699. The molecule has 0 unspecified atom stereocenters. The van der Waals surface area contributed by atoms with Crippen molar-refractivity contribution in [2.24, 2.45) is 5.92 Å². The largest absolute Gasteiger partial charge is 0.366 e. The van der Waals surface area contributed by atoms with Crippen molar-refractivity contribution in [3.8, 4) is 6.07 Å². The van der Waals surface area contributed by atoms with Crippen LogP contribution < -0.4 is 10.2 Å². The van der Waals surface area contributed by atoms with Crippen LogP contribution in [0.15, 0.2) is 48.5 Å². The lowest BCUT2D eigenvalue weighted by molar-refractivity contribution is 0.309. The topological polar surface area (TPSA) is 39.1 Å². The highest BCUT2D eigenvalue weighted by Gasteiger charge is 2.18. The lowest BCUT2D eigenvalue weighted by atomic mass is 9.87. The number of hydrogen-bond acceptors (Lipinski definition) is 3. The second kappa shape index (κ2) is 9.78. The Balaban J connectivity index is 1.67. The molecule has 4 heteroatoms. The Hall–Kier alpha value is -2.02. The Labute approximate surface area is 168 Å². The average Bonchev–Trinajstić information content (AvgIpc) is 2.69. The fraction of sp³-hybridized carbons (Fsp3) is 0.435. The highest BCUT2D eigenvalue weighted by molar-refractivity contribution is 6.30. The predicted octanol–water partition coefficient (Wildman–Crippen LogP) is 5.39. The Bertz CT molecular complexity index is 761. The van der Waals surface area contributed by atoms with Gasteiger partial charge in [0, 0.05) is 36.4 Å². The lowest BCUT2D eigenvalue weighted by Crippen LogP contribution is -2.38. The van der Waals surface area contributed by atoms with Gasteiger partial charge in [-0.1, -0.05) is 36.7 Å². The van der Waals surface area contributed by atoms with Crippen molar-refractivity contribution < 1.29 is 0 Å². The summed E-state index contributed by atoms with van der Waals surface area (Å²) in [5.41, 5.74) is 2.83. The van der Waals surface area contributed by atoms with E-state index in [0.29, 0.717) is 23.2 Å². The minimum absolute atomic E-state index is 0.639. The summed E-state index contributed by atoms with van der Waals surface area (Å²) in [6.07, 6.45) is 5.21. The molecule has 0 aromatic heterocycles. The van der Waals surface area contributed by atoms with E-state index in [-0.39, 0.29) is 0 Å². The molecule has 3 nitrogen and oxygen atoms in total. The molecule has 2 aromatic carbocycles. The maximum absolute atomic E-state index is 9.44. The zero-order chi connectivity index (χ0) is 19.1. The molecule has 0 aliphatic heterocycles. The van der Waals surface area contributed by atoms with Crippen LogP contribution in [-0.2, 0) is 6.54 Å². The van der Waals surface area contributed by atoms with Gasteiger partial charge in [0.25, 0.3) is 0 Å². The maximum Gasteiger partial charge on any atom is 0.0995 e. The van der Waals surface area contributed by atoms with Crippen molar-refractivity contribution in [2.75, 3.05) is 18.0 Å². The van der Waals surface area contributed by atoms with Crippen LogP contribution in [0.4, 0.5) is 5.69 Å². The van der Waals surface area contributed by atoms with E-state index in [1.807, 2.05) is 18.2 Å². The number of nitriles is 1. The number of anilines is 1. The Morgan fingerprint density at radius 3 is 2.56 bits per heavy atom. The Kier molecular flexibility index (Phi) is 7.15. The molecule has 1 aliphatic carbocycles. The van der Waals surface area contributed by atoms with Crippen LogP contribution in [0.2, 0.25) is 5.02 Å². The molecule has 1 fully saturated rings. The molecule has 0 heterocycles. The van der Waals surface area contributed by atoms with Crippen molar-refractivity contribution in [1.82, 2.24) is 5.32 Å². The molecular formula is C23H28ClN3. The van der Waals surface area contributed by atoms with E-state index in [1.165, 1.54) is 31.4 Å². The molecule has 1 saturated carbocycles. The smallest absolute Gasteiger partial charge is 0.0995 e. The van der Waals surface area contributed by atoms with Gasteiger partial charge < -0.3 is 10.2 Å². The normalized spacial score (nSPS) is 19.4. The van der Waals surface area contributed by atoms with E-state index in [1.54, 1.807) is 6.07 Å². The lowest BCUT2D eigenvalue weighted by Gasteiger charge is -2.30. The van der Waals surface area contributed by atoms with Gasteiger partial charge in [0.1, 0.15) is 0 Å². The van der Waals surface area contributed by atoms with Crippen molar-refractivity contribution in [3.05, 3.63) is 64.7 Å². The molecular weight excluding hydrogens is 354 g/mol. The fourth-order valence-electron chi connectivity index (χ4n) is 3.81. The molecule has 142 valence electrons. The highest BCUT2D eigenvalue weighted by Crippen LogP contribution is 2.24. The number of halogens is 1. The highest BCUT2D eigenvalue weighted by atomic mass is 35.5. The first kappa shape index (κ1) is 19.7. The molecule has 0 amide bonds. The average molecular weight is 382 g/mol. The second-order valence-corrected chi connectivity index (χ2v) is 8.02. The minimum Gasteiger partial charge on any atom is -0.366 e. The first-order valence-electron chi connectivity index (χ1n) is 9.87. The second-order valence-electron chi connectivity index (χ2n) is 7.58. The summed E-state index contributed by atoms with van der Waals surface area (Å²) in [4.78, 5) is 2.32. The molecule has 1 N–H and O–H groups in total. The van der Waals surface area contributed by atoms with Crippen molar-refractivity contribution in [1.29, 1.82) is 5.26 Å². The third kappa shape index (κ3) is 5.73. The molecule has 1 aliphatic rings. The van der Waals surface area contributed by atoms with E-state index >= 15 is 0 Å². The first-order chi connectivity index (χ1) is 13.2. The summed E-state index contributed by atoms with van der Waals surface area (Å²) >= 11 is 6.18. The van der Waals surface area contributed by atoms with Crippen LogP contribution in [0.1, 0.15) is 43.7 Å². The van der Waals surface area contributed by atoms with E-state index in [2.05, 4.69) is 47.5 Å². The molecule has 0 saturated heterocycles. The summed E-state index contributed by atoms with van der Waals surface area (Å²) in [7, 11) is 0. The van der Waals surface area contributed by atoms with Gasteiger partial charge in [0.15, 0.2) is 0 Å². The van der Waals surface area contributed by atoms with E-state index in [0.717, 1.165) is 24.6 Å². The van der Waals surface area contributed by atoms with Crippen LogP contribution in [0.3, 0.4) is 0 Å². The number of para-hydroxylation sites is 1. The zero-order valence-corrected chi connectivity index (χ0v) is 16.8. The molecule has 0 radical (unpaired) electrons. The van der Waals surface area contributed by atoms with Crippen molar-refractivity contribution in [2.45, 2.75) is 45.2 Å². The van der Waals surface area contributed by atoms with Crippen LogP contribution in [-0.4, -0.2) is 19.1 Å². The number of nitrogens with zero attached hydrogens (tertiary/aromatic N) is 2. The molecule has 0 atom stereocenters. The summed E-state index contributed by atoms with van der Waals surface area (Å²) in [6, 6.07) is 18.8. The summed E-state index contributed by atoms with van der Waals surface area (Å²) in [5.74, 6) is 0.871. The number of nitrogens with one attached hydrogen (secondary N) is 1. The molecule has 0 spiro atoms. The Morgan fingerprint density at radius 1 is 1.11 bits per heavy atom. The summed E-state index contributed by atoms with van der Waals surface area (Å²) < 4.78 is 0. The van der Waals surface area contributed by atoms with Crippen LogP contribution in [0, 0.1) is 17.2 Å². The van der Waals surface area contributed by atoms with E-state index < -0.39 is 0 Å². The minimum atomic E-state index is 0.639.